The first-order valence-corrected chi connectivity index (χ1v) is 7.92. The van der Waals surface area contributed by atoms with Crippen LogP contribution in [-0.2, 0) is 11.3 Å². The molecule has 1 fully saturated rings. The lowest BCUT2D eigenvalue weighted by Gasteiger charge is -2.33. The molecule has 126 valence electrons. The van der Waals surface area contributed by atoms with Crippen LogP contribution in [0.1, 0.15) is 16.1 Å². The zero-order valence-electron chi connectivity index (χ0n) is 13.3. The lowest BCUT2D eigenvalue weighted by atomic mass is 10.2. The van der Waals surface area contributed by atoms with Gasteiger partial charge in [0.2, 0.25) is 0 Å². The van der Waals surface area contributed by atoms with Crippen molar-refractivity contribution in [3.8, 4) is 0 Å². The largest absolute Gasteiger partial charge is 0.374 e. The molecule has 2 N–H and O–H groups in total. The molecule has 1 atom stereocenters. The Morgan fingerprint density at radius 3 is 2.88 bits per heavy atom. The Kier molecular flexibility index (Phi) is 5.35. The number of hydrogen-bond acceptors (Lipinski definition) is 5. The van der Waals surface area contributed by atoms with Crippen molar-refractivity contribution in [2.75, 3.05) is 26.2 Å². The van der Waals surface area contributed by atoms with Crippen LogP contribution in [0.5, 0.6) is 0 Å². The number of carbonyl (C=O) groups is 1. The molecule has 24 heavy (non-hydrogen) atoms. The maximum absolute atomic E-state index is 12.0. The van der Waals surface area contributed by atoms with Crippen molar-refractivity contribution in [1.29, 1.82) is 0 Å². The fourth-order valence-electron chi connectivity index (χ4n) is 2.66. The molecule has 0 aliphatic carbocycles. The topological polar surface area (TPSA) is 87.3 Å². The summed E-state index contributed by atoms with van der Waals surface area (Å²) >= 11 is 0. The smallest absolute Gasteiger partial charge is 0.271 e. The van der Waals surface area contributed by atoms with Gasteiger partial charge in [0.15, 0.2) is 0 Å². The second kappa shape index (κ2) is 7.85. The second-order valence-corrected chi connectivity index (χ2v) is 5.73. The number of nitrogens with zero attached hydrogens (tertiary/aromatic N) is 2. The summed E-state index contributed by atoms with van der Waals surface area (Å²) in [5, 5.41) is 8.76. The van der Waals surface area contributed by atoms with E-state index in [0.29, 0.717) is 13.2 Å². The fourth-order valence-corrected chi connectivity index (χ4v) is 2.66. The summed E-state index contributed by atoms with van der Waals surface area (Å²) in [6.07, 6.45) is -0.0610. The van der Waals surface area contributed by atoms with Crippen molar-refractivity contribution in [3.05, 3.63) is 64.1 Å². The number of aromatic nitrogens is 2. The van der Waals surface area contributed by atoms with Gasteiger partial charge in [-0.2, -0.15) is 5.10 Å². The molecular formula is C17H20N4O3. The first-order chi connectivity index (χ1) is 11.7. The number of ether oxygens (including phenoxy) is 1. The summed E-state index contributed by atoms with van der Waals surface area (Å²) in [6, 6.07) is 13.0. The van der Waals surface area contributed by atoms with Crippen LogP contribution in [0.3, 0.4) is 0 Å². The summed E-state index contributed by atoms with van der Waals surface area (Å²) in [5.41, 5.74) is 1.12. The van der Waals surface area contributed by atoms with Gasteiger partial charge in [0.05, 0.1) is 12.7 Å². The van der Waals surface area contributed by atoms with Crippen LogP contribution in [0.15, 0.2) is 47.3 Å². The average molecular weight is 328 g/mol. The van der Waals surface area contributed by atoms with Gasteiger partial charge in [-0.15, -0.1) is 0 Å². The Labute approximate surface area is 139 Å². The second-order valence-electron chi connectivity index (χ2n) is 5.73. The number of benzene rings is 1. The molecule has 0 saturated carbocycles. The molecule has 3 rings (SSSR count). The van der Waals surface area contributed by atoms with E-state index in [9.17, 15) is 9.59 Å². The normalized spacial score (nSPS) is 18.2. The Morgan fingerprint density at radius 2 is 2.12 bits per heavy atom. The Hall–Kier alpha value is -2.51. The molecule has 2 heterocycles. The van der Waals surface area contributed by atoms with Gasteiger partial charge in [-0.05, 0) is 11.6 Å². The summed E-state index contributed by atoms with van der Waals surface area (Å²) < 4.78 is 5.72. The van der Waals surface area contributed by atoms with E-state index < -0.39 is 0 Å². The van der Waals surface area contributed by atoms with E-state index in [1.165, 1.54) is 17.7 Å². The van der Waals surface area contributed by atoms with Crippen LogP contribution in [-0.4, -0.2) is 53.3 Å². The van der Waals surface area contributed by atoms with Gasteiger partial charge >= 0.3 is 0 Å². The van der Waals surface area contributed by atoms with Gasteiger partial charge in [0, 0.05) is 32.2 Å². The SMILES string of the molecule is O=C(NCC1CN(Cc2ccccc2)CCO1)c1ccc(=O)[nH]n1. The number of carbonyl (C=O) groups excluding carboxylic acids is 1. The third-order valence-corrected chi connectivity index (χ3v) is 3.87. The highest BCUT2D eigenvalue weighted by atomic mass is 16.5. The number of hydrogen-bond donors (Lipinski definition) is 2. The van der Waals surface area contributed by atoms with Crippen LogP contribution >= 0.6 is 0 Å². The molecule has 1 aliphatic heterocycles. The number of H-pyrrole nitrogens is 1. The zero-order chi connectivity index (χ0) is 16.8. The Morgan fingerprint density at radius 1 is 1.29 bits per heavy atom. The third-order valence-electron chi connectivity index (χ3n) is 3.87. The molecule has 1 aromatic carbocycles. The minimum Gasteiger partial charge on any atom is -0.374 e. The number of aromatic amines is 1. The molecular weight excluding hydrogens is 308 g/mol. The van der Waals surface area contributed by atoms with Crippen molar-refractivity contribution in [3.63, 3.8) is 0 Å². The molecule has 1 saturated heterocycles. The molecule has 0 bridgehead atoms. The summed E-state index contributed by atoms with van der Waals surface area (Å²) in [7, 11) is 0. The van der Waals surface area contributed by atoms with Crippen LogP contribution in [0.2, 0.25) is 0 Å². The van der Waals surface area contributed by atoms with Crippen molar-refractivity contribution in [2.45, 2.75) is 12.6 Å². The van der Waals surface area contributed by atoms with Gasteiger partial charge in [0.1, 0.15) is 5.69 Å². The monoisotopic (exact) mass is 328 g/mol. The highest BCUT2D eigenvalue weighted by Crippen LogP contribution is 2.10. The molecule has 1 aromatic heterocycles. The molecule has 0 radical (unpaired) electrons. The average Bonchev–Trinajstić information content (AvgIpc) is 2.61. The first-order valence-electron chi connectivity index (χ1n) is 7.92. The minimum absolute atomic E-state index is 0.0610. The van der Waals surface area contributed by atoms with Crippen molar-refractivity contribution in [1.82, 2.24) is 20.4 Å². The van der Waals surface area contributed by atoms with Gasteiger partial charge < -0.3 is 10.1 Å². The standard InChI is InChI=1S/C17H20N4O3/c22-16-7-6-15(19-20-16)17(23)18-10-14-12-21(8-9-24-14)11-13-4-2-1-3-5-13/h1-7,14H,8-12H2,(H,18,23)(H,20,22). The van der Waals surface area contributed by atoms with Crippen molar-refractivity contribution in [2.24, 2.45) is 0 Å². The number of rotatable bonds is 5. The number of morpholine rings is 1. The van der Waals surface area contributed by atoms with Crippen LogP contribution < -0.4 is 10.9 Å². The van der Waals surface area contributed by atoms with Crippen molar-refractivity contribution >= 4 is 5.91 Å². The number of amides is 1. The summed E-state index contributed by atoms with van der Waals surface area (Å²) in [4.78, 5) is 25.3. The molecule has 0 spiro atoms. The summed E-state index contributed by atoms with van der Waals surface area (Å²) in [5.74, 6) is -0.324. The van der Waals surface area contributed by atoms with Gasteiger partial charge in [-0.1, -0.05) is 30.3 Å². The first kappa shape index (κ1) is 16.4. The zero-order valence-corrected chi connectivity index (χ0v) is 13.3. The van der Waals surface area contributed by atoms with Crippen LogP contribution in [0.25, 0.3) is 0 Å². The van der Waals surface area contributed by atoms with Gasteiger partial charge in [0.25, 0.3) is 11.5 Å². The Balaban J connectivity index is 1.49. The van der Waals surface area contributed by atoms with E-state index in [0.717, 1.165) is 19.6 Å². The lowest BCUT2D eigenvalue weighted by Crippen LogP contribution is -2.47. The maximum Gasteiger partial charge on any atom is 0.271 e. The third kappa shape index (κ3) is 4.50. The molecule has 7 heteroatoms. The predicted molar refractivity (Wildman–Crippen MR) is 88.6 cm³/mol. The van der Waals surface area contributed by atoms with E-state index >= 15 is 0 Å². The molecule has 1 aliphatic rings. The predicted octanol–water partition coefficient (Wildman–Crippen LogP) is 0.401. The number of nitrogens with one attached hydrogen (secondary N) is 2. The van der Waals surface area contributed by atoms with E-state index in [4.69, 9.17) is 4.74 Å². The molecule has 2 aromatic rings. The highest BCUT2D eigenvalue weighted by Gasteiger charge is 2.21. The lowest BCUT2D eigenvalue weighted by molar-refractivity contribution is -0.0292. The van der Waals surface area contributed by atoms with Crippen LogP contribution in [0, 0.1) is 0 Å². The van der Waals surface area contributed by atoms with Gasteiger partial charge in [-0.25, -0.2) is 5.10 Å². The van der Waals surface area contributed by atoms with Gasteiger partial charge in [-0.3, -0.25) is 14.5 Å². The Bertz CT molecular complexity index is 712. The van der Waals surface area contributed by atoms with E-state index in [-0.39, 0.29) is 23.3 Å². The van der Waals surface area contributed by atoms with Crippen molar-refractivity contribution < 1.29 is 9.53 Å². The molecule has 1 amide bonds. The van der Waals surface area contributed by atoms with E-state index in [1.807, 2.05) is 18.2 Å². The van der Waals surface area contributed by atoms with E-state index in [1.54, 1.807) is 0 Å². The molecule has 1 unspecified atom stereocenters. The maximum atomic E-state index is 12.0. The highest BCUT2D eigenvalue weighted by molar-refractivity contribution is 5.91. The fraction of sp³-hybridized carbons (Fsp3) is 0.353. The summed E-state index contributed by atoms with van der Waals surface area (Å²) in [6.45, 7) is 3.56. The van der Waals surface area contributed by atoms with E-state index in [2.05, 4.69) is 32.5 Å². The quantitative estimate of drug-likeness (QED) is 0.830. The minimum atomic E-state index is -0.335. The molecule has 7 nitrogen and oxygen atoms in total. The van der Waals surface area contributed by atoms with Crippen LogP contribution in [0.4, 0.5) is 0 Å².